The van der Waals surface area contributed by atoms with Crippen LogP contribution in [0.1, 0.15) is 97.1 Å². The van der Waals surface area contributed by atoms with Crippen molar-refractivity contribution < 1.29 is 18.7 Å². The third-order valence-electron chi connectivity index (χ3n) is 7.53. The molecule has 0 aromatic heterocycles. The number of alkyl halides is 1. The largest absolute Gasteiger partial charge is 0.494 e. The van der Waals surface area contributed by atoms with Gasteiger partial charge in [0.25, 0.3) is 0 Å². The molecule has 0 fully saturated rings. The summed E-state index contributed by atoms with van der Waals surface area (Å²) in [7, 11) is 4.51. The molecule has 0 unspecified atom stereocenters. The maximum atomic E-state index is 5.95. The summed E-state index contributed by atoms with van der Waals surface area (Å²) in [5.74, 6) is 2.66. The second kappa shape index (κ2) is 18.0. The monoisotopic (exact) mass is 588 g/mol. The van der Waals surface area contributed by atoms with Crippen molar-refractivity contribution in [3.63, 3.8) is 0 Å². The topological polar surface area (TPSA) is 27.7 Å². The number of rotatable bonds is 21. The lowest BCUT2D eigenvalue weighted by Gasteiger charge is -2.33. The maximum Gasteiger partial charge on any atom is 0.119 e. The van der Waals surface area contributed by atoms with Gasteiger partial charge in [0.1, 0.15) is 31.2 Å². The minimum atomic E-state index is 0.144. The zero-order valence-corrected chi connectivity index (χ0v) is 28.0. The number of hydrogen-bond donors (Lipinski definition) is 0. The average Bonchev–Trinajstić information content (AvgIpc) is 2.89. The van der Waals surface area contributed by atoms with E-state index in [4.69, 9.17) is 25.8 Å². The molecule has 0 heterocycles. The molecule has 2 aromatic carbocycles. The maximum absolute atomic E-state index is 5.95. The van der Waals surface area contributed by atoms with Crippen LogP contribution in [0.4, 0.5) is 0 Å². The number of halogens is 1. The average molecular weight is 589 g/mol. The predicted octanol–water partition coefficient (Wildman–Crippen LogP) is 9.42. The molecule has 4 nitrogen and oxygen atoms in total. The minimum Gasteiger partial charge on any atom is -0.494 e. The van der Waals surface area contributed by atoms with Gasteiger partial charge in [-0.15, -0.1) is 11.6 Å². The van der Waals surface area contributed by atoms with E-state index in [0.717, 1.165) is 60.8 Å². The number of likely N-dealkylation sites (N-methyl/N-ethyl adjacent to an activating group) is 1. The summed E-state index contributed by atoms with van der Waals surface area (Å²) in [5.41, 5.74) is 3.11. The summed E-state index contributed by atoms with van der Waals surface area (Å²) in [6, 6.07) is 17.2. The van der Waals surface area contributed by atoms with Crippen LogP contribution in [-0.2, 0) is 16.7 Å². The Morgan fingerprint density at radius 2 is 1.17 bits per heavy atom. The summed E-state index contributed by atoms with van der Waals surface area (Å²) >= 11 is 5.73. The Morgan fingerprint density at radius 3 is 1.76 bits per heavy atom. The lowest BCUT2D eigenvalue weighted by Crippen LogP contribution is -2.41. The van der Waals surface area contributed by atoms with Crippen LogP contribution >= 0.6 is 11.6 Å². The van der Waals surface area contributed by atoms with E-state index in [1.54, 1.807) is 0 Å². The van der Waals surface area contributed by atoms with Gasteiger partial charge in [-0.3, -0.25) is 0 Å². The fourth-order valence-corrected chi connectivity index (χ4v) is 5.79. The van der Waals surface area contributed by atoms with Crippen molar-refractivity contribution in [3.05, 3.63) is 59.7 Å². The summed E-state index contributed by atoms with van der Waals surface area (Å²) < 4.78 is 18.7. The summed E-state index contributed by atoms with van der Waals surface area (Å²) in [6.07, 6.45) is 9.80. The number of hydrogen-bond acceptors (Lipinski definition) is 3. The highest BCUT2D eigenvalue weighted by atomic mass is 35.5. The van der Waals surface area contributed by atoms with E-state index in [1.165, 1.54) is 43.2 Å². The zero-order chi connectivity index (χ0) is 30.2. The van der Waals surface area contributed by atoms with E-state index in [0.29, 0.717) is 25.2 Å². The number of ether oxygens (including phenoxy) is 3. The molecule has 0 aliphatic carbocycles. The SMILES string of the molecule is CC(C)(C)CC(C)(C)c1ccc(OCCOCC[N+](C)(C)Cc2ccc(OCCCCCCCCCCl)cc2)cc1. The van der Waals surface area contributed by atoms with Crippen molar-refractivity contribution in [1.82, 2.24) is 0 Å². The number of benzene rings is 2. The number of unbranched alkanes of at least 4 members (excludes halogenated alkanes) is 6. The molecule has 0 saturated heterocycles. The molecule has 0 saturated carbocycles. The zero-order valence-electron chi connectivity index (χ0n) is 27.3. The van der Waals surface area contributed by atoms with Crippen LogP contribution in [0.3, 0.4) is 0 Å². The third kappa shape index (κ3) is 15.9. The Labute approximate surface area is 257 Å². The van der Waals surface area contributed by atoms with Crippen molar-refractivity contribution in [2.45, 2.75) is 97.9 Å². The van der Waals surface area contributed by atoms with Crippen molar-refractivity contribution >= 4 is 11.6 Å². The van der Waals surface area contributed by atoms with E-state index in [-0.39, 0.29) is 5.41 Å². The molecule has 0 atom stereocenters. The summed E-state index contributed by atoms with van der Waals surface area (Å²) in [5, 5.41) is 0. The Balaban J connectivity index is 1.59. The molecular formula is C36H59ClNO3+. The first-order valence-corrected chi connectivity index (χ1v) is 16.3. The first-order chi connectivity index (χ1) is 19.4. The third-order valence-corrected chi connectivity index (χ3v) is 7.79. The molecule has 0 radical (unpaired) electrons. The number of quaternary nitrogens is 1. The van der Waals surface area contributed by atoms with Gasteiger partial charge < -0.3 is 18.7 Å². The van der Waals surface area contributed by atoms with Gasteiger partial charge in [0.05, 0.1) is 33.9 Å². The van der Waals surface area contributed by atoms with Crippen LogP contribution in [0.2, 0.25) is 0 Å². The van der Waals surface area contributed by atoms with Gasteiger partial charge in [0, 0.05) is 11.4 Å². The second-order valence-corrected chi connectivity index (χ2v) is 14.5. The minimum absolute atomic E-state index is 0.144. The molecule has 5 heteroatoms. The van der Waals surface area contributed by atoms with E-state index in [9.17, 15) is 0 Å². The molecule has 0 N–H and O–H groups in total. The highest BCUT2D eigenvalue weighted by Crippen LogP contribution is 2.36. The van der Waals surface area contributed by atoms with Crippen LogP contribution in [0.5, 0.6) is 11.5 Å². The molecular weight excluding hydrogens is 530 g/mol. The molecule has 0 amide bonds. The molecule has 0 spiro atoms. The molecule has 41 heavy (non-hydrogen) atoms. The standard InChI is InChI=1S/C36H59ClNO3/c1-35(2,3)30-36(4,5)32-17-21-34(22-18-32)41-28-27-39-26-24-38(6,7)29-31-15-19-33(20-16-31)40-25-14-12-10-8-9-11-13-23-37/h15-22H,8-14,23-30H2,1-7H3/q+1. The van der Waals surface area contributed by atoms with E-state index < -0.39 is 0 Å². The first-order valence-electron chi connectivity index (χ1n) is 15.8. The van der Waals surface area contributed by atoms with Crippen molar-refractivity contribution in [2.24, 2.45) is 5.41 Å². The van der Waals surface area contributed by atoms with E-state index >= 15 is 0 Å². The molecule has 0 bridgehead atoms. The second-order valence-electron chi connectivity index (χ2n) is 14.1. The van der Waals surface area contributed by atoms with Crippen LogP contribution < -0.4 is 9.47 Å². The van der Waals surface area contributed by atoms with Gasteiger partial charge >= 0.3 is 0 Å². The quantitative estimate of drug-likeness (QED) is 0.0825. The Morgan fingerprint density at radius 1 is 0.634 bits per heavy atom. The van der Waals surface area contributed by atoms with E-state index in [2.05, 4.69) is 97.2 Å². The predicted molar refractivity (Wildman–Crippen MR) is 176 cm³/mol. The smallest absolute Gasteiger partial charge is 0.119 e. The van der Waals surface area contributed by atoms with Crippen molar-refractivity contribution in [2.75, 3.05) is 52.9 Å². The molecule has 232 valence electrons. The normalized spacial score (nSPS) is 12.5. The lowest BCUT2D eigenvalue weighted by atomic mass is 9.72. The Bertz CT molecular complexity index is 948. The van der Waals surface area contributed by atoms with Gasteiger partial charge in [0.15, 0.2) is 0 Å². The molecule has 0 aliphatic heterocycles. The van der Waals surface area contributed by atoms with Gasteiger partial charge in [0.2, 0.25) is 0 Å². The number of nitrogens with zero attached hydrogens (tertiary/aromatic N) is 1. The Hall–Kier alpha value is -1.75. The van der Waals surface area contributed by atoms with Gasteiger partial charge in [-0.2, -0.15) is 0 Å². The Kier molecular flexibility index (Phi) is 15.6. The summed E-state index contributed by atoms with van der Waals surface area (Å²) in [6.45, 7) is 16.1. The first kappa shape index (κ1) is 35.4. The highest BCUT2D eigenvalue weighted by Gasteiger charge is 2.27. The van der Waals surface area contributed by atoms with Crippen molar-refractivity contribution in [3.8, 4) is 11.5 Å². The lowest BCUT2D eigenvalue weighted by molar-refractivity contribution is -0.904. The molecule has 0 aliphatic rings. The van der Waals surface area contributed by atoms with Crippen LogP contribution in [0.15, 0.2) is 48.5 Å². The van der Waals surface area contributed by atoms with Crippen LogP contribution in [0.25, 0.3) is 0 Å². The molecule has 2 rings (SSSR count). The highest BCUT2D eigenvalue weighted by molar-refractivity contribution is 6.17. The van der Waals surface area contributed by atoms with Gasteiger partial charge in [-0.1, -0.05) is 78.9 Å². The fourth-order valence-electron chi connectivity index (χ4n) is 5.60. The van der Waals surface area contributed by atoms with E-state index in [1.807, 2.05) is 0 Å². The van der Waals surface area contributed by atoms with Crippen LogP contribution in [-0.4, -0.2) is 57.4 Å². The summed E-state index contributed by atoms with van der Waals surface area (Å²) in [4.78, 5) is 0. The van der Waals surface area contributed by atoms with Gasteiger partial charge in [-0.25, -0.2) is 0 Å². The van der Waals surface area contributed by atoms with Crippen LogP contribution in [0, 0.1) is 5.41 Å². The van der Waals surface area contributed by atoms with Gasteiger partial charge in [-0.05, 0) is 72.1 Å². The molecule has 2 aromatic rings. The fraction of sp³-hybridized carbons (Fsp3) is 0.667. The van der Waals surface area contributed by atoms with Crippen molar-refractivity contribution in [1.29, 1.82) is 0 Å².